The van der Waals surface area contributed by atoms with Gasteiger partial charge in [0.2, 0.25) is 5.91 Å². The van der Waals surface area contributed by atoms with Gasteiger partial charge in [-0.3, -0.25) is 4.79 Å². The molecule has 16 heavy (non-hydrogen) atoms. The molecule has 0 aliphatic carbocycles. The van der Waals surface area contributed by atoms with Crippen LogP contribution in [0.2, 0.25) is 0 Å². The molecule has 1 aliphatic heterocycles. The molecule has 0 atom stereocenters. The Bertz CT molecular complexity index is 334. The van der Waals surface area contributed by atoms with Crippen molar-refractivity contribution < 1.29 is 13.2 Å². The van der Waals surface area contributed by atoms with Gasteiger partial charge in [-0.1, -0.05) is 0 Å². The van der Waals surface area contributed by atoms with E-state index in [1.807, 2.05) is 0 Å². The lowest BCUT2D eigenvalue weighted by atomic mass is 9.97. The highest BCUT2D eigenvalue weighted by Crippen LogP contribution is 2.14. The second kappa shape index (κ2) is 5.63. The van der Waals surface area contributed by atoms with Crippen LogP contribution in [0.1, 0.15) is 12.8 Å². The quantitative estimate of drug-likeness (QED) is 0.727. The van der Waals surface area contributed by atoms with Gasteiger partial charge in [0, 0.05) is 25.8 Å². The summed E-state index contributed by atoms with van der Waals surface area (Å²) in [7, 11) is -1.31. The molecule has 5 nitrogen and oxygen atoms in total. The molecule has 94 valence electrons. The number of hydrogen-bond donors (Lipinski definition) is 1. The maximum absolute atomic E-state index is 11.9. The van der Waals surface area contributed by atoms with Crippen LogP contribution in [0.3, 0.4) is 0 Å². The molecule has 1 N–H and O–H groups in total. The van der Waals surface area contributed by atoms with Crippen LogP contribution >= 0.6 is 0 Å². The first-order valence-electron chi connectivity index (χ1n) is 5.53. The van der Waals surface area contributed by atoms with Crippen LogP contribution in [0.5, 0.6) is 0 Å². The maximum Gasteiger partial charge on any atom is 0.225 e. The normalized spacial score (nSPS) is 18.4. The number of carbonyl (C=O) groups is 1. The molecule has 1 rings (SSSR count). The number of carbonyl (C=O) groups excluding carboxylic acids is 1. The van der Waals surface area contributed by atoms with Crippen molar-refractivity contribution in [2.45, 2.75) is 12.8 Å². The van der Waals surface area contributed by atoms with Gasteiger partial charge < -0.3 is 10.2 Å². The van der Waals surface area contributed by atoms with E-state index in [1.165, 1.54) is 11.2 Å². The van der Waals surface area contributed by atoms with Crippen LogP contribution in [-0.2, 0) is 14.6 Å². The zero-order valence-electron chi connectivity index (χ0n) is 9.90. The van der Waals surface area contributed by atoms with Gasteiger partial charge in [-0.05, 0) is 25.9 Å². The Balaban J connectivity index is 2.40. The second-order valence-corrected chi connectivity index (χ2v) is 6.67. The number of nitrogens with zero attached hydrogens (tertiary/aromatic N) is 1. The number of sulfone groups is 1. The zero-order valence-corrected chi connectivity index (χ0v) is 10.7. The van der Waals surface area contributed by atoms with Crippen LogP contribution in [0, 0.1) is 5.92 Å². The molecule has 1 fully saturated rings. The number of amides is 1. The van der Waals surface area contributed by atoms with Gasteiger partial charge in [-0.15, -0.1) is 0 Å². The summed E-state index contributed by atoms with van der Waals surface area (Å²) in [4.78, 5) is 13.5. The largest absolute Gasteiger partial charge is 0.345 e. The molecule has 6 heteroatoms. The van der Waals surface area contributed by atoms with Gasteiger partial charge in [0.1, 0.15) is 9.84 Å². The summed E-state index contributed by atoms with van der Waals surface area (Å²) in [6, 6.07) is 0. The lowest BCUT2D eigenvalue weighted by Gasteiger charge is -2.26. The molecule has 0 spiro atoms. The molecule has 1 aliphatic rings. The number of nitrogens with one attached hydrogen (secondary N) is 1. The van der Waals surface area contributed by atoms with E-state index >= 15 is 0 Å². The van der Waals surface area contributed by atoms with Crippen LogP contribution in [0.4, 0.5) is 0 Å². The van der Waals surface area contributed by atoms with Gasteiger partial charge in [-0.2, -0.15) is 0 Å². The molecule has 0 aromatic rings. The molecule has 0 radical (unpaired) electrons. The third-order valence-corrected chi connectivity index (χ3v) is 3.79. The average Bonchev–Trinajstić information content (AvgIpc) is 2.25. The van der Waals surface area contributed by atoms with Crippen molar-refractivity contribution in [2.24, 2.45) is 5.92 Å². The topological polar surface area (TPSA) is 66.5 Å². The molecule has 0 aromatic carbocycles. The third-order valence-electron chi connectivity index (χ3n) is 2.86. The molecule has 0 bridgehead atoms. The molecule has 0 aromatic heterocycles. The van der Waals surface area contributed by atoms with E-state index in [9.17, 15) is 13.2 Å². The summed E-state index contributed by atoms with van der Waals surface area (Å²) in [6.45, 7) is 2.04. The van der Waals surface area contributed by atoms with E-state index in [1.54, 1.807) is 7.05 Å². The van der Waals surface area contributed by atoms with Crippen molar-refractivity contribution in [3.63, 3.8) is 0 Å². The molecule has 1 heterocycles. The Kier molecular flexibility index (Phi) is 4.73. The van der Waals surface area contributed by atoms with Gasteiger partial charge in [0.25, 0.3) is 0 Å². The van der Waals surface area contributed by atoms with E-state index in [0.717, 1.165) is 25.9 Å². The van der Waals surface area contributed by atoms with Crippen molar-refractivity contribution in [3.8, 4) is 0 Å². The predicted octanol–water partition coefficient (Wildman–Crippen LogP) is -0.511. The SMILES string of the molecule is CN(CCS(C)(=O)=O)C(=O)C1CCNCC1. The molecule has 0 saturated carbocycles. The minimum Gasteiger partial charge on any atom is -0.345 e. The van der Waals surface area contributed by atoms with E-state index in [-0.39, 0.29) is 17.6 Å². The Labute approximate surface area is 97.1 Å². The lowest BCUT2D eigenvalue weighted by molar-refractivity contribution is -0.134. The van der Waals surface area contributed by atoms with Gasteiger partial charge >= 0.3 is 0 Å². The minimum atomic E-state index is -2.99. The highest BCUT2D eigenvalue weighted by molar-refractivity contribution is 7.90. The van der Waals surface area contributed by atoms with Crippen molar-refractivity contribution in [3.05, 3.63) is 0 Å². The summed E-state index contributed by atoms with van der Waals surface area (Å²) < 4.78 is 22.0. The Morgan fingerprint density at radius 3 is 2.44 bits per heavy atom. The highest BCUT2D eigenvalue weighted by atomic mass is 32.2. The monoisotopic (exact) mass is 248 g/mol. The number of piperidine rings is 1. The van der Waals surface area contributed by atoms with Crippen molar-refractivity contribution in [1.82, 2.24) is 10.2 Å². The number of hydrogen-bond acceptors (Lipinski definition) is 4. The summed E-state index contributed by atoms with van der Waals surface area (Å²) >= 11 is 0. The zero-order chi connectivity index (χ0) is 12.2. The van der Waals surface area contributed by atoms with E-state index in [4.69, 9.17) is 0 Å². The fourth-order valence-corrected chi connectivity index (χ4v) is 2.40. The molecular formula is C10H20N2O3S. The van der Waals surface area contributed by atoms with Gasteiger partial charge in [-0.25, -0.2) is 8.42 Å². The smallest absolute Gasteiger partial charge is 0.225 e. The van der Waals surface area contributed by atoms with E-state index in [2.05, 4.69) is 5.32 Å². The minimum absolute atomic E-state index is 0.0419. The summed E-state index contributed by atoms with van der Waals surface area (Å²) in [5.74, 6) is 0.177. The Morgan fingerprint density at radius 2 is 1.94 bits per heavy atom. The van der Waals surface area contributed by atoms with E-state index < -0.39 is 9.84 Å². The highest BCUT2D eigenvalue weighted by Gasteiger charge is 2.24. The lowest BCUT2D eigenvalue weighted by Crippen LogP contribution is -2.40. The summed E-state index contributed by atoms with van der Waals surface area (Å²) in [6.07, 6.45) is 2.89. The standard InChI is InChI=1S/C10H20N2O3S/c1-12(7-8-16(2,14)15)10(13)9-3-5-11-6-4-9/h9,11H,3-8H2,1-2H3. The maximum atomic E-state index is 11.9. The summed E-state index contributed by atoms with van der Waals surface area (Å²) in [5, 5.41) is 3.20. The van der Waals surface area contributed by atoms with Crippen LogP contribution in [0.15, 0.2) is 0 Å². The second-order valence-electron chi connectivity index (χ2n) is 4.41. The summed E-state index contributed by atoms with van der Waals surface area (Å²) in [5.41, 5.74) is 0. The molecule has 1 amide bonds. The van der Waals surface area contributed by atoms with Crippen molar-refractivity contribution >= 4 is 15.7 Å². The van der Waals surface area contributed by atoms with Gasteiger partial charge in [0.15, 0.2) is 0 Å². The first-order valence-corrected chi connectivity index (χ1v) is 7.59. The third kappa shape index (κ3) is 4.49. The first kappa shape index (κ1) is 13.4. The fraction of sp³-hybridized carbons (Fsp3) is 0.900. The Morgan fingerprint density at radius 1 is 1.38 bits per heavy atom. The number of rotatable bonds is 4. The predicted molar refractivity (Wildman–Crippen MR) is 62.9 cm³/mol. The Hall–Kier alpha value is -0.620. The molecular weight excluding hydrogens is 228 g/mol. The van der Waals surface area contributed by atoms with Gasteiger partial charge in [0.05, 0.1) is 5.75 Å². The van der Waals surface area contributed by atoms with Crippen LogP contribution in [0.25, 0.3) is 0 Å². The fourth-order valence-electron chi connectivity index (χ4n) is 1.79. The van der Waals surface area contributed by atoms with Crippen molar-refractivity contribution in [2.75, 3.05) is 38.7 Å². The van der Waals surface area contributed by atoms with Crippen LogP contribution < -0.4 is 5.32 Å². The molecule has 1 saturated heterocycles. The average molecular weight is 248 g/mol. The van der Waals surface area contributed by atoms with E-state index in [0.29, 0.717) is 6.54 Å². The molecule has 0 unspecified atom stereocenters. The first-order chi connectivity index (χ1) is 7.40. The van der Waals surface area contributed by atoms with Crippen molar-refractivity contribution in [1.29, 1.82) is 0 Å². The van der Waals surface area contributed by atoms with Crippen LogP contribution in [-0.4, -0.2) is 57.9 Å².